The molecule has 0 aromatic heterocycles. The first kappa shape index (κ1) is 16.5. The first-order chi connectivity index (χ1) is 10.2. The van der Waals surface area contributed by atoms with Crippen LogP contribution in [0.4, 0.5) is 0 Å². The quantitative estimate of drug-likeness (QED) is 0.835. The minimum absolute atomic E-state index is 0.440. The molecule has 3 heteroatoms. The monoisotopic (exact) mass is 290 g/mol. The topological polar surface area (TPSA) is 24.5 Å². The van der Waals surface area contributed by atoms with Crippen LogP contribution in [0.3, 0.4) is 0 Å². The molecule has 0 spiro atoms. The number of likely N-dealkylation sites (tertiary alicyclic amines) is 1. The maximum atomic E-state index is 5.79. The van der Waals surface area contributed by atoms with Gasteiger partial charge in [-0.1, -0.05) is 24.3 Å². The van der Waals surface area contributed by atoms with Crippen LogP contribution < -0.4 is 5.32 Å². The fraction of sp³-hybridized carbons (Fsp3) is 0.667. The van der Waals surface area contributed by atoms with E-state index >= 15 is 0 Å². The van der Waals surface area contributed by atoms with Crippen molar-refractivity contribution in [1.82, 2.24) is 10.2 Å². The number of piperidine rings is 1. The van der Waals surface area contributed by atoms with E-state index in [1.165, 1.54) is 30.5 Å². The lowest BCUT2D eigenvalue weighted by Gasteiger charge is -2.33. The van der Waals surface area contributed by atoms with Gasteiger partial charge in [-0.25, -0.2) is 0 Å². The third-order valence-electron chi connectivity index (χ3n) is 4.51. The lowest BCUT2D eigenvalue weighted by Crippen LogP contribution is -2.41. The van der Waals surface area contributed by atoms with E-state index in [1.54, 1.807) is 0 Å². The lowest BCUT2D eigenvalue weighted by atomic mass is 9.98. The Bertz CT molecular complexity index is 419. The van der Waals surface area contributed by atoms with Crippen molar-refractivity contribution in [2.45, 2.75) is 45.3 Å². The summed E-state index contributed by atoms with van der Waals surface area (Å²) in [4.78, 5) is 2.56. The number of hydrogen-bond donors (Lipinski definition) is 1. The molecule has 0 radical (unpaired) electrons. The molecule has 118 valence electrons. The van der Waals surface area contributed by atoms with Crippen molar-refractivity contribution in [2.24, 2.45) is 0 Å². The molecule has 2 rings (SSSR count). The zero-order valence-corrected chi connectivity index (χ0v) is 13.8. The number of hydrogen-bond acceptors (Lipinski definition) is 3. The van der Waals surface area contributed by atoms with E-state index in [4.69, 9.17) is 4.74 Å². The SMILES string of the molecule is CCOC1CCCN(CCC(NC)c2ccccc2C)C1. The second-order valence-corrected chi connectivity index (χ2v) is 6.01. The summed E-state index contributed by atoms with van der Waals surface area (Å²) in [6, 6.07) is 9.14. The molecule has 1 saturated heterocycles. The van der Waals surface area contributed by atoms with E-state index in [9.17, 15) is 0 Å². The largest absolute Gasteiger partial charge is 0.377 e. The Morgan fingerprint density at radius 3 is 2.90 bits per heavy atom. The van der Waals surface area contributed by atoms with E-state index in [-0.39, 0.29) is 0 Å². The van der Waals surface area contributed by atoms with Gasteiger partial charge in [-0.15, -0.1) is 0 Å². The van der Waals surface area contributed by atoms with E-state index in [2.05, 4.69) is 55.4 Å². The van der Waals surface area contributed by atoms with E-state index < -0.39 is 0 Å². The van der Waals surface area contributed by atoms with Gasteiger partial charge in [-0.3, -0.25) is 0 Å². The predicted molar refractivity (Wildman–Crippen MR) is 88.7 cm³/mol. The Hall–Kier alpha value is -0.900. The normalized spacial score (nSPS) is 21.4. The Kier molecular flexibility index (Phi) is 6.68. The molecule has 0 bridgehead atoms. The third kappa shape index (κ3) is 4.80. The molecule has 1 fully saturated rings. The van der Waals surface area contributed by atoms with Crippen LogP contribution in [0.2, 0.25) is 0 Å². The minimum atomic E-state index is 0.440. The van der Waals surface area contributed by atoms with Gasteiger partial charge in [0.2, 0.25) is 0 Å². The highest BCUT2D eigenvalue weighted by Crippen LogP contribution is 2.22. The van der Waals surface area contributed by atoms with Crippen LogP contribution in [0.15, 0.2) is 24.3 Å². The van der Waals surface area contributed by atoms with Crippen molar-refractivity contribution in [3.63, 3.8) is 0 Å². The van der Waals surface area contributed by atoms with Gasteiger partial charge in [-0.2, -0.15) is 0 Å². The second-order valence-electron chi connectivity index (χ2n) is 6.01. The molecular weight excluding hydrogens is 260 g/mol. The first-order valence-corrected chi connectivity index (χ1v) is 8.31. The zero-order valence-electron chi connectivity index (χ0n) is 13.8. The third-order valence-corrected chi connectivity index (χ3v) is 4.51. The number of ether oxygens (including phenoxy) is 1. The molecule has 1 N–H and O–H groups in total. The summed E-state index contributed by atoms with van der Waals surface area (Å²) in [6.45, 7) is 8.58. The fourth-order valence-corrected chi connectivity index (χ4v) is 3.33. The van der Waals surface area contributed by atoms with Gasteiger partial charge < -0.3 is 15.0 Å². The highest BCUT2D eigenvalue weighted by atomic mass is 16.5. The first-order valence-electron chi connectivity index (χ1n) is 8.31. The van der Waals surface area contributed by atoms with Crippen LogP contribution in [0.25, 0.3) is 0 Å². The van der Waals surface area contributed by atoms with Crippen molar-refractivity contribution < 1.29 is 4.74 Å². The molecule has 0 saturated carbocycles. The minimum Gasteiger partial charge on any atom is -0.377 e. The predicted octanol–water partition coefficient (Wildman–Crippen LogP) is 3.15. The number of rotatable bonds is 7. The molecule has 0 amide bonds. The van der Waals surface area contributed by atoms with Crippen molar-refractivity contribution >= 4 is 0 Å². The van der Waals surface area contributed by atoms with E-state index in [0.717, 1.165) is 26.1 Å². The van der Waals surface area contributed by atoms with Crippen molar-refractivity contribution in [2.75, 3.05) is 33.3 Å². The van der Waals surface area contributed by atoms with E-state index in [0.29, 0.717) is 12.1 Å². The van der Waals surface area contributed by atoms with E-state index in [1.807, 2.05) is 0 Å². The second kappa shape index (κ2) is 8.52. The summed E-state index contributed by atoms with van der Waals surface area (Å²) in [5.41, 5.74) is 2.81. The van der Waals surface area contributed by atoms with Gasteiger partial charge in [0.1, 0.15) is 0 Å². The van der Waals surface area contributed by atoms with Crippen molar-refractivity contribution in [3.8, 4) is 0 Å². The summed E-state index contributed by atoms with van der Waals surface area (Å²) >= 11 is 0. The highest BCUT2D eigenvalue weighted by molar-refractivity contribution is 5.28. The zero-order chi connectivity index (χ0) is 15.1. The number of nitrogens with zero attached hydrogens (tertiary/aromatic N) is 1. The smallest absolute Gasteiger partial charge is 0.0702 e. The van der Waals surface area contributed by atoms with Gasteiger partial charge in [0.25, 0.3) is 0 Å². The Morgan fingerprint density at radius 2 is 2.19 bits per heavy atom. The fourth-order valence-electron chi connectivity index (χ4n) is 3.33. The average molecular weight is 290 g/mol. The van der Waals surface area contributed by atoms with Crippen LogP contribution in [0.1, 0.15) is 43.4 Å². The summed E-state index contributed by atoms with van der Waals surface area (Å²) in [5.74, 6) is 0. The molecule has 1 aliphatic heterocycles. The molecule has 2 atom stereocenters. The Morgan fingerprint density at radius 1 is 1.38 bits per heavy atom. The maximum absolute atomic E-state index is 5.79. The van der Waals surface area contributed by atoms with Gasteiger partial charge in [-0.05, 0) is 57.8 Å². The van der Waals surface area contributed by atoms with Crippen LogP contribution >= 0.6 is 0 Å². The summed E-state index contributed by atoms with van der Waals surface area (Å²) in [7, 11) is 2.07. The van der Waals surface area contributed by atoms with Gasteiger partial charge in [0.05, 0.1) is 6.10 Å². The highest BCUT2D eigenvalue weighted by Gasteiger charge is 2.21. The average Bonchev–Trinajstić information content (AvgIpc) is 2.50. The standard InChI is InChI=1S/C18H30N2O/c1-4-21-16-9-7-12-20(14-16)13-11-18(19-3)17-10-6-5-8-15(17)2/h5-6,8,10,16,18-19H,4,7,9,11-14H2,1-3H3. The Balaban J connectivity index is 1.87. The maximum Gasteiger partial charge on any atom is 0.0702 e. The van der Waals surface area contributed by atoms with Crippen LogP contribution in [0, 0.1) is 6.92 Å². The van der Waals surface area contributed by atoms with Gasteiger partial charge in [0.15, 0.2) is 0 Å². The molecule has 1 aromatic rings. The lowest BCUT2D eigenvalue weighted by molar-refractivity contribution is 0.00509. The Labute approximate surface area is 129 Å². The van der Waals surface area contributed by atoms with Crippen LogP contribution in [0.5, 0.6) is 0 Å². The summed E-state index contributed by atoms with van der Waals surface area (Å²) < 4.78 is 5.79. The molecular formula is C18H30N2O. The summed E-state index contributed by atoms with van der Waals surface area (Å²) in [6.07, 6.45) is 4.08. The number of aryl methyl sites for hydroxylation is 1. The van der Waals surface area contributed by atoms with Crippen molar-refractivity contribution in [3.05, 3.63) is 35.4 Å². The number of nitrogens with one attached hydrogen (secondary N) is 1. The molecule has 2 unspecified atom stereocenters. The molecule has 0 aliphatic carbocycles. The molecule has 1 aliphatic rings. The van der Waals surface area contributed by atoms with Gasteiger partial charge in [0, 0.05) is 25.7 Å². The van der Waals surface area contributed by atoms with Crippen molar-refractivity contribution in [1.29, 1.82) is 0 Å². The summed E-state index contributed by atoms with van der Waals surface area (Å²) in [5, 5.41) is 3.48. The molecule has 1 aromatic carbocycles. The van der Waals surface area contributed by atoms with Gasteiger partial charge >= 0.3 is 0 Å². The van der Waals surface area contributed by atoms with Crippen LogP contribution in [-0.4, -0.2) is 44.3 Å². The molecule has 1 heterocycles. The molecule has 21 heavy (non-hydrogen) atoms. The van der Waals surface area contributed by atoms with Crippen LogP contribution in [-0.2, 0) is 4.74 Å². The molecule has 3 nitrogen and oxygen atoms in total. The number of benzene rings is 1.